The lowest BCUT2D eigenvalue weighted by atomic mass is 10.2. The summed E-state index contributed by atoms with van der Waals surface area (Å²) in [6.07, 6.45) is 1.29. The van der Waals surface area contributed by atoms with Crippen LogP contribution in [0.3, 0.4) is 0 Å². The van der Waals surface area contributed by atoms with E-state index in [4.69, 9.17) is 4.42 Å². The molecule has 1 aromatic heterocycles. The number of para-hydroxylation sites is 1. The second-order valence-electron chi connectivity index (χ2n) is 4.87. The number of carbonyl (C=O) groups is 2. The summed E-state index contributed by atoms with van der Waals surface area (Å²) in [5.41, 5.74) is 0.778. The van der Waals surface area contributed by atoms with Gasteiger partial charge in [0, 0.05) is 17.0 Å². The Bertz CT molecular complexity index is 861. The average Bonchev–Trinajstić information content (AvgIpc) is 2.97. The maximum absolute atomic E-state index is 12.1. The van der Waals surface area contributed by atoms with Gasteiger partial charge in [-0.05, 0) is 24.3 Å². The maximum Gasteiger partial charge on any atom is 0.352 e. The van der Waals surface area contributed by atoms with Gasteiger partial charge >= 0.3 is 5.97 Å². The number of furan rings is 1. The second kappa shape index (κ2) is 6.19. The molecular formula is C18H13NO4. The summed E-state index contributed by atoms with van der Waals surface area (Å²) in [6, 6.07) is 17.5. The lowest BCUT2D eigenvalue weighted by molar-refractivity contribution is -0.132. The molecule has 0 aliphatic heterocycles. The Morgan fingerprint density at radius 1 is 1.00 bits per heavy atom. The van der Waals surface area contributed by atoms with Crippen LogP contribution in [0.25, 0.3) is 17.0 Å². The third-order valence-electron chi connectivity index (χ3n) is 3.25. The number of amides is 1. The number of benzene rings is 2. The number of fused-ring (bicyclic) bond motifs is 1. The molecule has 5 heteroatoms. The molecule has 0 aliphatic carbocycles. The molecule has 0 bridgehead atoms. The van der Waals surface area contributed by atoms with E-state index in [1.165, 1.54) is 6.08 Å². The number of carboxylic acid groups (broad SMARTS) is 1. The van der Waals surface area contributed by atoms with Crippen molar-refractivity contribution in [2.24, 2.45) is 0 Å². The minimum Gasteiger partial charge on any atom is -0.477 e. The van der Waals surface area contributed by atoms with Crippen molar-refractivity contribution in [3.05, 3.63) is 77.7 Å². The zero-order valence-electron chi connectivity index (χ0n) is 12.0. The van der Waals surface area contributed by atoms with Crippen LogP contribution in [-0.2, 0) is 4.79 Å². The zero-order chi connectivity index (χ0) is 16.2. The fourth-order valence-corrected chi connectivity index (χ4v) is 2.15. The smallest absolute Gasteiger partial charge is 0.352 e. The molecule has 0 atom stereocenters. The van der Waals surface area contributed by atoms with Gasteiger partial charge in [-0.2, -0.15) is 0 Å². The lowest BCUT2D eigenvalue weighted by Gasteiger charge is -2.05. The molecule has 0 fully saturated rings. The molecule has 0 radical (unpaired) electrons. The Balaban J connectivity index is 1.89. The van der Waals surface area contributed by atoms with Gasteiger partial charge in [-0.1, -0.05) is 36.4 Å². The predicted octanol–water partition coefficient (Wildman–Crippen LogP) is 3.29. The molecule has 3 rings (SSSR count). The Labute approximate surface area is 131 Å². The van der Waals surface area contributed by atoms with Crippen molar-refractivity contribution >= 4 is 28.9 Å². The summed E-state index contributed by atoms with van der Waals surface area (Å²) < 4.78 is 5.54. The van der Waals surface area contributed by atoms with Crippen LogP contribution in [0.4, 0.5) is 0 Å². The largest absolute Gasteiger partial charge is 0.477 e. The highest BCUT2D eigenvalue weighted by molar-refractivity contribution is 6.02. The highest BCUT2D eigenvalue weighted by Crippen LogP contribution is 2.20. The Kier molecular flexibility index (Phi) is 3.93. The van der Waals surface area contributed by atoms with Crippen LogP contribution < -0.4 is 5.32 Å². The normalized spacial score (nSPS) is 11.4. The first-order chi connectivity index (χ1) is 11.1. The number of rotatable bonds is 4. The topological polar surface area (TPSA) is 79.5 Å². The molecule has 5 nitrogen and oxygen atoms in total. The van der Waals surface area contributed by atoms with Crippen molar-refractivity contribution in [1.29, 1.82) is 0 Å². The van der Waals surface area contributed by atoms with E-state index in [1.807, 2.05) is 18.2 Å². The van der Waals surface area contributed by atoms with Crippen LogP contribution in [0.5, 0.6) is 0 Å². The SMILES string of the molecule is O=C(O)/C(=C\c1cc2ccccc2o1)NC(=O)c1ccccc1. The Hall–Kier alpha value is -3.34. The van der Waals surface area contributed by atoms with E-state index in [0.29, 0.717) is 16.9 Å². The number of hydrogen-bond donors (Lipinski definition) is 2. The van der Waals surface area contributed by atoms with Crippen LogP contribution in [0, 0.1) is 0 Å². The monoisotopic (exact) mass is 307 g/mol. The first-order valence-electron chi connectivity index (χ1n) is 6.93. The molecular weight excluding hydrogens is 294 g/mol. The predicted molar refractivity (Wildman–Crippen MR) is 85.7 cm³/mol. The molecule has 0 aliphatic rings. The van der Waals surface area contributed by atoms with Gasteiger partial charge in [0.15, 0.2) is 0 Å². The fourth-order valence-electron chi connectivity index (χ4n) is 2.15. The molecule has 1 heterocycles. The highest BCUT2D eigenvalue weighted by Gasteiger charge is 2.14. The van der Waals surface area contributed by atoms with Crippen molar-refractivity contribution < 1.29 is 19.1 Å². The average molecular weight is 307 g/mol. The molecule has 0 saturated heterocycles. The van der Waals surface area contributed by atoms with Gasteiger partial charge in [0.05, 0.1) is 0 Å². The first kappa shape index (κ1) is 14.6. The number of aliphatic carboxylic acids is 1. The second-order valence-corrected chi connectivity index (χ2v) is 4.87. The van der Waals surface area contributed by atoms with E-state index in [-0.39, 0.29) is 5.70 Å². The van der Waals surface area contributed by atoms with Crippen LogP contribution in [0.2, 0.25) is 0 Å². The molecule has 23 heavy (non-hydrogen) atoms. The number of carbonyl (C=O) groups excluding carboxylic acids is 1. The van der Waals surface area contributed by atoms with Crippen molar-refractivity contribution in [1.82, 2.24) is 5.32 Å². The van der Waals surface area contributed by atoms with Crippen molar-refractivity contribution in [2.45, 2.75) is 0 Å². The minimum absolute atomic E-state index is 0.252. The Morgan fingerprint density at radius 3 is 2.39 bits per heavy atom. The zero-order valence-corrected chi connectivity index (χ0v) is 12.0. The van der Waals surface area contributed by atoms with E-state index >= 15 is 0 Å². The summed E-state index contributed by atoms with van der Waals surface area (Å²) in [5, 5.41) is 12.5. The summed E-state index contributed by atoms with van der Waals surface area (Å²) in [6.45, 7) is 0. The number of carboxylic acids is 1. The van der Waals surface area contributed by atoms with Crippen LogP contribution in [-0.4, -0.2) is 17.0 Å². The summed E-state index contributed by atoms with van der Waals surface area (Å²) in [5.74, 6) is -1.37. The summed E-state index contributed by atoms with van der Waals surface area (Å²) in [4.78, 5) is 23.4. The summed E-state index contributed by atoms with van der Waals surface area (Å²) >= 11 is 0. The third-order valence-corrected chi connectivity index (χ3v) is 3.25. The fraction of sp³-hybridized carbons (Fsp3) is 0. The molecule has 3 aromatic rings. The Morgan fingerprint density at radius 2 is 1.70 bits per heavy atom. The quantitative estimate of drug-likeness (QED) is 0.725. The molecule has 114 valence electrons. The van der Waals surface area contributed by atoms with E-state index in [0.717, 1.165) is 5.39 Å². The highest BCUT2D eigenvalue weighted by atomic mass is 16.4. The number of hydrogen-bond acceptors (Lipinski definition) is 3. The van der Waals surface area contributed by atoms with E-state index < -0.39 is 11.9 Å². The first-order valence-corrected chi connectivity index (χ1v) is 6.93. The molecule has 0 unspecified atom stereocenters. The number of nitrogens with one attached hydrogen (secondary N) is 1. The van der Waals surface area contributed by atoms with E-state index in [9.17, 15) is 14.7 Å². The van der Waals surface area contributed by atoms with E-state index in [2.05, 4.69) is 5.32 Å². The van der Waals surface area contributed by atoms with Crippen molar-refractivity contribution in [3.8, 4) is 0 Å². The van der Waals surface area contributed by atoms with Gasteiger partial charge in [0.1, 0.15) is 17.0 Å². The standard InChI is InChI=1S/C18H13NO4/c20-17(12-6-2-1-3-7-12)19-15(18(21)22)11-14-10-13-8-4-5-9-16(13)23-14/h1-11H,(H,19,20)(H,21,22)/b15-11+. The van der Waals surface area contributed by atoms with Gasteiger partial charge < -0.3 is 14.8 Å². The maximum atomic E-state index is 12.1. The van der Waals surface area contributed by atoms with Crippen molar-refractivity contribution in [2.75, 3.05) is 0 Å². The molecule has 0 spiro atoms. The summed E-state index contributed by atoms with van der Waals surface area (Å²) in [7, 11) is 0. The van der Waals surface area contributed by atoms with Gasteiger partial charge in [-0.3, -0.25) is 4.79 Å². The van der Waals surface area contributed by atoms with Gasteiger partial charge in [-0.25, -0.2) is 4.79 Å². The third kappa shape index (κ3) is 3.29. The lowest BCUT2D eigenvalue weighted by Crippen LogP contribution is -2.27. The van der Waals surface area contributed by atoms with Gasteiger partial charge in [0.2, 0.25) is 0 Å². The van der Waals surface area contributed by atoms with Gasteiger partial charge in [-0.15, -0.1) is 0 Å². The molecule has 2 aromatic carbocycles. The van der Waals surface area contributed by atoms with Crippen LogP contribution in [0.15, 0.2) is 70.8 Å². The molecule has 0 saturated carbocycles. The van der Waals surface area contributed by atoms with Crippen LogP contribution in [0.1, 0.15) is 16.1 Å². The molecule has 1 amide bonds. The molecule has 2 N–H and O–H groups in total. The van der Waals surface area contributed by atoms with Gasteiger partial charge in [0.25, 0.3) is 5.91 Å². The van der Waals surface area contributed by atoms with E-state index in [1.54, 1.807) is 42.5 Å². The van der Waals surface area contributed by atoms with Crippen LogP contribution >= 0.6 is 0 Å². The minimum atomic E-state index is -1.24. The van der Waals surface area contributed by atoms with Crippen molar-refractivity contribution in [3.63, 3.8) is 0 Å².